The molecule has 2 heterocycles. The molecule has 0 saturated heterocycles. The van der Waals surface area contributed by atoms with Gasteiger partial charge in [-0.1, -0.05) is 6.58 Å². The minimum atomic E-state index is 0.506. The maximum Gasteiger partial charge on any atom is 0.197 e. The largest absolute Gasteiger partial charge is 0.453 e. The number of hydrogen-bond acceptors (Lipinski definition) is 3. The summed E-state index contributed by atoms with van der Waals surface area (Å²) in [5.41, 5.74) is 3.21. The topological polar surface area (TPSA) is 22.4 Å². The number of furan rings is 1. The molecule has 0 saturated carbocycles. The molecule has 2 nitrogen and oxygen atoms in total. The number of fused-ring (bicyclic) bond motifs is 1. The van der Waals surface area contributed by atoms with Gasteiger partial charge in [-0.2, -0.15) is 0 Å². The molecular formula is C9H8O2S. The van der Waals surface area contributed by atoms with E-state index in [1.165, 1.54) is 0 Å². The van der Waals surface area contributed by atoms with Crippen molar-refractivity contribution in [3.63, 3.8) is 0 Å². The molecular weight excluding hydrogens is 172 g/mol. The van der Waals surface area contributed by atoms with Crippen LogP contribution in [0.1, 0.15) is 12.5 Å². The van der Waals surface area contributed by atoms with Crippen LogP contribution in [0.25, 0.3) is 12.2 Å². The van der Waals surface area contributed by atoms with Crippen LogP contribution in [0.4, 0.5) is 0 Å². The van der Waals surface area contributed by atoms with E-state index in [1.54, 1.807) is 0 Å². The molecule has 0 radical (unpaired) electrons. The normalized spacial score (nSPS) is 14.8. The molecule has 0 unspecified atom stereocenters. The minimum absolute atomic E-state index is 0.506. The molecule has 0 spiro atoms. The first-order chi connectivity index (χ1) is 5.61. The second-order valence-corrected chi connectivity index (χ2v) is 3.19. The molecule has 1 aliphatic rings. The summed E-state index contributed by atoms with van der Waals surface area (Å²) in [4.78, 5) is 0. The van der Waals surface area contributed by atoms with Crippen LogP contribution >= 0.6 is 12.2 Å². The first-order valence-corrected chi connectivity index (χ1v) is 4.03. The number of hydrogen-bond donors (Lipinski definition) is 0. The van der Waals surface area contributed by atoms with Crippen molar-refractivity contribution in [3.8, 4) is 5.75 Å². The smallest absolute Gasteiger partial charge is 0.197 e. The molecule has 62 valence electrons. The standard InChI is InChI=1S/C9H8O2S/c1-4-6(3)10-8-5(2)9(12)11-7(4)8/h3H2,1-2H3. The van der Waals surface area contributed by atoms with Gasteiger partial charge < -0.3 is 9.15 Å². The highest BCUT2D eigenvalue weighted by Gasteiger charge is 2.21. The van der Waals surface area contributed by atoms with Gasteiger partial charge in [-0.3, -0.25) is 0 Å². The quantitative estimate of drug-likeness (QED) is 0.554. The van der Waals surface area contributed by atoms with Crippen LogP contribution in [0.15, 0.2) is 4.42 Å². The molecule has 1 aromatic heterocycles. The molecule has 3 heteroatoms. The summed E-state index contributed by atoms with van der Waals surface area (Å²) in [6, 6.07) is 0. The monoisotopic (exact) mass is 180 g/mol. The Balaban J connectivity index is 2.92. The molecule has 1 aromatic rings. The van der Waals surface area contributed by atoms with Gasteiger partial charge in [0.2, 0.25) is 0 Å². The van der Waals surface area contributed by atoms with E-state index in [2.05, 4.69) is 6.58 Å². The molecule has 0 fully saturated rings. The number of thiocarbonyl (C=S) groups is 1. The molecule has 2 rings (SSSR count). The van der Waals surface area contributed by atoms with E-state index in [0.29, 0.717) is 10.5 Å². The van der Waals surface area contributed by atoms with Crippen LogP contribution in [0.3, 0.4) is 0 Å². The van der Waals surface area contributed by atoms with E-state index in [0.717, 1.165) is 22.3 Å². The van der Waals surface area contributed by atoms with Crippen LogP contribution < -0.4 is 15.6 Å². The number of rotatable bonds is 0. The Morgan fingerprint density at radius 2 is 2.00 bits per heavy atom. The third-order valence-electron chi connectivity index (χ3n) is 2.03. The maximum absolute atomic E-state index is 5.38. The van der Waals surface area contributed by atoms with Crippen molar-refractivity contribution in [2.75, 3.05) is 0 Å². The maximum atomic E-state index is 5.38. The Kier molecular flexibility index (Phi) is 1.38. The highest BCUT2D eigenvalue weighted by molar-refractivity contribution is 7.81. The highest BCUT2D eigenvalue weighted by atomic mass is 32.1. The molecule has 0 N–H and O–H groups in total. The van der Waals surface area contributed by atoms with Gasteiger partial charge in [-0.05, 0) is 26.1 Å². The van der Waals surface area contributed by atoms with E-state index in [1.807, 2.05) is 13.8 Å². The summed E-state index contributed by atoms with van der Waals surface area (Å²) in [6.07, 6.45) is 0. The van der Waals surface area contributed by atoms with Crippen molar-refractivity contribution in [1.82, 2.24) is 0 Å². The minimum Gasteiger partial charge on any atom is -0.453 e. The SMILES string of the molecule is C=c1oc2c(c1C)OC(=S)C=2C. The fourth-order valence-electron chi connectivity index (χ4n) is 1.17. The fourth-order valence-corrected chi connectivity index (χ4v) is 1.35. The van der Waals surface area contributed by atoms with Crippen molar-refractivity contribution < 1.29 is 9.15 Å². The molecule has 1 aliphatic heterocycles. The third-order valence-corrected chi connectivity index (χ3v) is 2.42. The van der Waals surface area contributed by atoms with Gasteiger partial charge in [0.15, 0.2) is 16.2 Å². The Morgan fingerprint density at radius 1 is 1.33 bits per heavy atom. The molecule has 12 heavy (non-hydrogen) atoms. The van der Waals surface area contributed by atoms with E-state index >= 15 is 0 Å². The predicted octanol–water partition coefficient (Wildman–Crippen LogP) is 0.889. The second kappa shape index (κ2) is 2.20. The average molecular weight is 180 g/mol. The summed E-state index contributed by atoms with van der Waals surface area (Å²) in [7, 11) is 0. The zero-order valence-electron chi connectivity index (χ0n) is 6.93. The van der Waals surface area contributed by atoms with Gasteiger partial charge in [0, 0.05) is 11.1 Å². The Labute approximate surface area is 75.1 Å². The van der Waals surface area contributed by atoms with E-state index in [9.17, 15) is 0 Å². The van der Waals surface area contributed by atoms with Gasteiger partial charge in [-0.15, -0.1) is 0 Å². The van der Waals surface area contributed by atoms with Crippen LogP contribution in [0.2, 0.25) is 0 Å². The first kappa shape index (κ1) is 7.55. The molecule has 0 aromatic carbocycles. The molecule has 0 aliphatic carbocycles. The molecule has 0 atom stereocenters. The third kappa shape index (κ3) is 0.770. The lowest BCUT2D eigenvalue weighted by atomic mass is 10.3. The first-order valence-electron chi connectivity index (χ1n) is 3.62. The summed E-state index contributed by atoms with van der Waals surface area (Å²) >= 11 is 4.96. The highest BCUT2D eigenvalue weighted by Crippen LogP contribution is 2.18. The van der Waals surface area contributed by atoms with Crippen LogP contribution in [-0.4, -0.2) is 5.05 Å². The van der Waals surface area contributed by atoms with Crippen molar-refractivity contribution in [2.24, 2.45) is 0 Å². The van der Waals surface area contributed by atoms with Crippen molar-refractivity contribution in [3.05, 3.63) is 16.4 Å². The lowest BCUT2D eigenvalue weighted by Crippen LogP contribution is -2.05. The van der Waals surface area contributed by atoms with Gasteiger partial charge in [0.25, 0.3) is 0 Å². The van der Waals surface area contributed by atoms with Crippen molar-refractivity contribution in [2.45, 2.75) is 13.8 Å². The zero-order chi connectivity index (χ0) is 8.88. The lowest BCUT2D eigenvalue weighted by molar-refractivity contribution is 0.488. The fraction of sp³-hybridized carbons (Fsp3) is 0.222. The van der Waals surface area contributed by atoms with Gasteiger partial charge >= 0.3 is 0 Å². The van der Waals surface area contributed by atoms with Gasteiger partial charge in [0.05, 0.1) is 0 Å². The summed E-state index contributed by atoms with van der Waals surface area (Å²) in [6.45, 7) is 7.53. The van der Waals surface area contributed by atoms with Gasteiger partial charge in [0.1, 0.15) is 5.42 Å². The Bertz CT molecular complexity index is 467. The van der Waals surface area contributed by atoms with E-state index in [4.69, 9.17) is 21.4 Å². The van der Waals surface area contributed by atoms with E-state index in [-0.39, 0.29) is 0 Å². The number of ether oxygens (including phenoxy) is 1. The second-order valence-electron chi connectivity index (χ2n) is 2.82. The van der Waals surface area contributed by atoms with E-state index < -0.39 is 0 Å². The predicted molar refractivity (Wildman–Crippen MR) is 50.5 cm³/mol. The molecule has 0 bridgehead atoms. The van der Waals surface area contributed by atoms with Crippen LogP contribution in [-0.2, 0) is 0 Å². The van der Waals surface area contributed by atoms with Crippen LogP contribution in [0.5, 0.6) is 5.75 Å². The van der Waals surface area contributed by atoms with Crippen molar-refractivity contribution >= 4 is 29.4 Å². The zero-order valence-corrected chi connectivity index (χ0v) is 7.75. The van der Waals surface area contributed by atoms with Crippen molar-refractivity contribution in [1.29, 1.82) is 0 Å². The summed E-state index contributed by atoms with van der Waals surface area (Å²) in [5.74, 6) is 0.738. The van der Waals surface area contributed by atoms with Crippen LogP contribution in [0, 0.1) is 6.92 Å². The Hall–Kier alpha value is -1.09. The summed E-state index contributed by atoms with van der Waals surface area (Å²) < 4.78 is 10.7. The average Bonchev–Trinajstić information content (AvgIpc) is 2.43. The summed E-state index contributed by atoms with van der Waals surface area (Å²) in [5, 5.41) is 0.506. The lowest BCUT2D eigenvalue weighted by Gasteiger charge is -1.95. The van der Waals surface area contributed by atoms with Gasteiger partial charge in [-0.25, -0.2) is 0 Å². The Morgan fingerprint density at radius 3 is 2.58 bits per heavy atom. The molecule has 0 amide bonds.